The van der Waals surface area contributed by atoms with Gasteiger partial charge in [-0.3, -0.25) is 4.79 Å². The molecule has 0 aliphatic rings. The van der Waals surface area contributed by atoms with E-state index in [4.69, 9.17) is 0 Å². The van der Waals surface area contributed by atoms with Crippen molar-refractivity contribution in [3.63, 3.8) is 0 Å². The summed E-state index contributed by atoms with van der Waals surface area (Å²) in [5.74, 6) is -2.87. The number of halogens is 2. The Labute approximate surface area is 121 Å². The zero-order chi connectivity index (χ0) is 15.8. The van der Waals surface area contributed by atoms with Crippen LogP contribution in [0, 0.1) is 11.6 Å². The topological polar surface area (TPSA) is 55.4 Å². The summed E-state index contributed by atoms with van der Waals surface area (Å²) in [5, 5.41) is 2.41. The third-order valence-electron chi connectivity index (χ3n) is 2.88. The van der Waals surface area contributed by atoms with Crippen molar-refractivity contribution in [1.82, 2.24) is 5.32 Å². The number of hydrogen-bond acceptors (Lipinski definition) is 3. The maximum absolute atomic E-state index is 13.5. The first-order valence-corrected chi connectivity index (χ1v) is 6.40. The van der Waals surface area contributed by atoms with Crippen LogP contribution in [-0.2, 0) is 20.7 Å². The Morgan fingerprint density at radius 2 is 2.00 bits per heavy atom. The third kappa shape index (κ3) is 4.98. The van der Waals surface area contributed by atoms with Gasteiger partial charge in [0.25, 0.3) is 0 Å². The quantitative estimate of drug-likeness (QED) is 0.619. The SMILES string of the molecule is C=CCC[C@H](NC(=O)Cc1c(F)cccc1F)C(=O)OC. The van der Waals surface area contributed by atoms with Crippen molar-refractivity contribution < 1.29 is 23.1 Å². The van der Waals surface area contributed by atoms with Crippen LogP contribution >= 0.6 is 0 Å². The Morgan fingerprint density at radius 3 is 2.52 bits per heavy atom. The van der Waals surface area contributed by atoms with Gasteiger partial charge in [0.05, 0.1) is 13.5 Å². The molecule has 0 aliphatic carbocycles. The monoisotopic (exact) mass is 297 g/mol. The van der Waals surface area contributed by atoms with E-state index in [0.29, 0.717) is 12.8 Å². The first-order chi connectivity index (χ1) is 9.99. The Morgan fingerprint density at radius 1 is 1.38 bits per heavy atom. The summed E-state index contributed by atoms with van der Waals surface area (Å²) in [6, 6.07) is 2.49. The predicted molar refractivity (Wildman–Crippen MR) is 73.4 cm³/mol. The van der Waals surface area contributed by atoms with E-state index in [2.05, 4.69) is 16.6 Å². The molecule has 0 unspecified atom stereocenters. The van der Waals surface area contributed by atoms with Gasteiger partial charge in [-0.2, -0.15) is 0 Å². The average molecular weight is 297 g/mol. The molecule has 1 N–H and O–H groups in total. The molecule has 21 heavy (non-hydrogen) atoms. The maximum Gasteiger partial charge on any atom is 0.328 e. The minimum Gasteiger partial charge on any atom is -0.467 e. The van der Waals surface area contributed by atoms with E-state index in [1.807, 2.05) is 0 Å². The molecule has 0 fully saturated rings. The Hall–Kier alpha value is -2.24. The number of rotatable bonds is 7. The number of methoxy groups -OCH3 is 1. The highest BCUT2D eigenvalue weighted by molar-refractivity contribution is 5.85. The fourth-order valence-corrected chi connectivity index (χ4v) is 1.78. The van der Waals surface area contributed by atoms with Crippen LogP contribution < -0.4 is 5.32 Å². The summed E-state index contributed by atoms with van der Waals surface area (Å²) < 4.78 is 31.5. The van der Waals surface area contributed by atoms with Crippen LogP contribution in [0.2, 0.25) is 0 Å². The standard InChI is InChI=1S/C15H17F2NO3/c1-3-4-8-13(15(20)21-2)18-14(19)9-10-11(16)6-5-7-12(10)17/h3,5-7,13H,1,4,8-9H2,2H3,(H,18,19)/t13-/m0/s1. The zero-order valence-electron chi connectivity index (χ0n) is 11.7. The summed E-state index contributed by atoms with van der Waals surface area (Å²) in [6.07, 6.45) is 1.91. The van der Waals surface area contributed by atoms with E-state index in [1.165, 1.54) is 13.2 Å². The van der Waals surface area contributed by atoms with Crippen LogP contribution in [0.15, 0.2) is 30.9 Å². The van der Waals surface area contributed by atoms with Gasteiger partial charge >= 0.3 is 5.97 Å². The van der Waals surface area contributed by atoms with Crippen LogP contribution in [0.3, 0.4) is 0 Å². The lowest BCUT2D eigenvalue weighted by molar-refractivity contribution is -0.145. The lowest BCUT2D eigenvalue weighted by atomic mass is 10.1. The number of esters is 1. The molecule has 0 heterocycles. The first kappa shape index (κ1) is 16.8. The molecular formula is C15H17F2NO3. The normalized spacial score (nSPS) is 11.6. The molecular weight excluding hydrogens is 280 g/mol. The molecule has 1 aromatic rings. The smallest absolute Gasteiger partial charge is 0.328 e. The molecule has 4 nitrogen and oxygen atoms in total. The highest BCUT2D eigenvalue weighted by Gasteiger charge is 2.22. The molecule has 0 spiro atoms. The molecule has 1 amide bonds. The van der Waals surface area contributed by atoms with E-state index in [0.717, 1.165) is 12.1 Å². The molecule has 0 saturated heterocycles. The highest BCUT2D eigenvalue weighted by atomic mass is 19.1. The number of allylic oxidation sites excluding steroid dienone is 1. The molecule has 0 aliphatic heterocycles. The summed E-state index contributed by atoms with van der Waals surface area (Å²) in [7, 11) is 1.20. The largest absolute Gasteiger partial charge is 0.467 e. The molecule has 1 atom stereocenters. The van der Waals surface area contributed by atoms with Gasteiger partial charge in [-0.25, -0.2) is 13.6 Å². The van der Waals surface area contributed by atoms with Crippen LogP contribution in [0.4, 0.5) is 8.78 Å². The highest BCUT2D eigenvalue weighted by Crippen LogP contribution is 2.13. The zero-order valence-corrected chi connectivity index (χ0v) is 11.7. The molecule has 0 bridgehead atoms. The third-order valence-corrected chi connectivity index (χ3v) is 2.88. The molecule has 1 rings (SSSR count). The number of benzene rings is 1. The van der Waals surface area contributed by atoms with Gasteiger partial charge in [0.1, 0.15) is 17.7 Å². The maximum atomic E-state index is 13.5. The number of carbonyl (C=O) groups is 2. The minimum atomic E-state index is -0.865. The lowest BCUT2D eigenvalue weighted by Gasteiger charge is -2.16. The van der Waals surface area contributed by atoms with Crippen molar-refractivity contribution in [3.8, 4) is 0 Å². The summed E-state index contributed by atoms with van der Waals surface area (Å²) >= 11 is 0. The van der Waals surface area contributed by atoms with E-state index < -0.39 is 36.0 Å². The van der Waals surface area contributed by atoms with Crippen molar-refractivity contribution in [1.29, 1.82) is 0 Å². The second-order valence-electron chi connectivity index (χ2n) is 4.39. The Kier molecular flexibility index (Phi) is 6.52. The van der Waals surface area contributed by atoms with Crippen molar-refractivity contribution in [3.05, 3.63) is 48.1 Å². The van der Waals surface area contributed by atoms with Gasteiger partial charge in [0.15, 0.2) is 0 Å². The molecule has 6 heteroatoms. The minimum absolute atomic E-state index is 0.307. The van der Waals surface area contributed by atoms with Gasteiger partial charge in [0, 0.05) is 5.56 Å². The summed E-state index contributed by atoms with van der Waals surface area (Å²) in [5.41, 5.74) is -0.331. The number of amides is 1. The van der Waals surface area contributed by atoms with Gasteiger partial charge in [0.2, 0.25) is 5.91 Å². The second-order valence-corrected chi connectivity index (χ2v) is 4.39. The molecule has 114 valence electrons. The molecule has 0 aromatic heterocycles. The Balaban J connectivity index is 2.73. The van der Waals surface area contributed by atoms with Crippen molar-refractivity contribution in [2.75, 3.05) is 7.11 Å². The average Bonchev–Trinajstić information content (AvgIpc) is 2.46. The van der Waals surface area contributed by atoms with Crippen molar-refractivity contribution in [2.24, 2.45) is 0 Å². The van der Waals surface area contributed by atoms with E-state index in [9.17, 15) is 18.4 Å². The summed E-state index contributed by atoms with van der Waals surface area (Å²) in [4.78, 5) is 23.4. The fourth-order valence-electron chi connectivity index (χ4n) is 1.78. The molecule has 0 saturated carbocycles. The van der Waals surface area contributed by atoms with Crippen molar-refractivity contribution in [2.45, 2.75) is 25.3 Å². The summed E-state index contributed by atoms with van der Waals surface area (Å²) in [6.45, 7) is 3.52. The van der Waals surface area contributed by atoms with Crippen LogP contribution in [0.25, 0.3) is 0 Å². The number of ether oxygens (including phenoxy) is 1. The van der Waals surface area contributed by atoms with Crippen LogP contribution in [0.1, 0.15) is 18.4 Å². The number of carbonyl (C=O) groups excluding carboxylic acids is 2. The van der Waals surface area contributed by atoms with Crippen LogP contribution in [0.5, 0.6) is 0 Å². The Bertz CT molecular complexity index is 511. The fraction of sp³-hybridized carbons (Fsp3) is 0.333. The number of hydrogen-bond donors (Lipinski definition) is 1. The number of nitrogens with one attached hydrogen (secondary N) is 1. The molecule has 1 aromatic carbocycles. The molecule has 0 radical (unpaired) electrons. The van der Waals surface area contributed by atoms with Gasteiger partial charge in [-0.1, -0.05) is 12.1 Å². The van der Waals surface area contributed by atoms with E-state index >= 15 is 0 Å². The first-order valence-electron chi connectivity index (χ1n) is 6.40. The van der Waals surface area contributed by atoms with Gasteiger partial charge < -0.3 is 10.1 Å². The van der Waals surface area contributed by atoms with E-state index in [-0.39, 0.29) is 5.56 Å². The van der Waals surface area contributed by atoms with E-state index in [1.54, 1.807) is 6.08 Å². The lowest BCUT2D eigenvalue weighted by Crippen LogP contribution is -2.42. The van der Waals surface area contributed by atoms with Crippen LogP contribution in [-0.4, -0.2) is 25.0 Å². The predicted octanol–water partition coefficient (Wildman–Crippen LogP) is 2.13. The van der Waals surface area contributed by atoms with Crippen molar-refractivity contribution >= 4 is 11.9 Å². The van der Waals surface area contributed by atoms with Gasteiger partial charge in [-0.15, -0.1) is 6.58 Å². The second kappa shape index (κ2) is 8.14. The van der Waals surface area contributed by atoms with Gasteiger partial charge in [-0.05, 0) is 25.0 Å².